The first kappa shape index (κ1) is 29.8. The third kappa shape index (κ3) is 5.55. The highest BCUT2D eigenvalue weighted by Crippen LogP contribution is 2.44. The van der Waals surface area contributed by atoms with Crippen LogP contribution in [-0.2, 0) is 15.7 Å². The van der Waals surface area contributed by atoms with Crippen LogP contribution in [0.4, 0.5) is 18.9 Å². The highest BCUT2D eigenvalue weighted by atomic mass is 35.5. The molecule has 230 valence electrons. The van der Waals surface area contributed by atoms with E-state index in [1.807, 2.05) is 11.9 Å². The Morgan fingerprint density at radius 1 is 1.09 bits per heavy atom. The van der Waals surface area contributed by atoms with E-state index in [1.165, 1.54) is 12.1 Å². The molecule has 2 aliphatic rings. The highest BCUT2D eigenvalue weighted by molar-refractivity contribution is 6.33. The summed E-state index contributed by atoms with van der Waals surface area (Å²) in [5, 5.41) is 21.9. The lowest BCUT2D eigenvalue weighted by atomic mass is 9.85. The number of nitrogens with zero attached hydrogens (tertiary/aromatic N) is 3. The number of phenolic OH excluding ortho intramolecular Hbond substituents is 2. The van der Waals surface area contributed by atoms with Gasteiger partial charge in [-0.05, 0) is 44.3 Å². The largest absolute Gasteiger partial charge is 0.507 e. The molecule has 2 aromatic carbocycles. The molecule has 2 N–H and O–H groups in total. The van der Waals surface area contributed by atoms with E-state index in [0.29, 0.717) is 35.8 Å². The molecule has 2 aromatic heterocycles. The summed E-state index contributed by atoms with van der Waals surface area (Å²) in [6.07, 6.45) is -3.84. The fourth-order valence-corrected chi connectivity index (χ4v) is 6.08. The van der Waals surface area contributed by atoms with E-state index in [2.05, 4.69) is 4.98 Å². The Bertz CT molecular complexity index is 1810. The summed E-state index contributed by atoms with van der Waals surface area (Å²) in [6, 6.07) is 11.5. The summed E-state index contributed by atoms with van der Waals surface area (Å²) in [5.41, 5.74) is -0.620. The minimum Gasteiger partial charge on any atom is -0.507 e. The molecular weight excluding hydrogens is 603 g/mol. The number of halogens is 4. The molecule has 44 heavy (non-hydrogen) atoms. The summed E-state index contributed by atoms with van der Waals surface area (Å²) in [6.45, 7) is 1.21. The van der Waals surface area contributed by atoms with Crippen LogP contribution in [0.2, 0.25) is 5.02 Å². The van der Waals surface area contributed by atoms with Gasteiger partial charge in [-0.25, -0.2) is 0 Å². The molecule has 0 amide bonds. The molecule has 0 spiro atoms. The molecule has 0 saturated carbocycles. The van der Waals surface area contributed by atoms with E-state index >= 15 is 0 Å². The van der Waals surface area contributed by atoms with Gasteiger partial charge >= 0.3 is 12.1 Å². The first-order valence-corrected chi connectivity index (χ1v) is 14.2. The second kappa shape index (κ2) is 11.3. The van der Waals surface area contributed by atoms with E-state index < -0.39 is 47.0 Å². The topological polar surface area (TPSA) is 116 Å². The van der Waals surface area contributed by atoms with Crippen LogP contribution in [0.3, 0.4) is 0 Å². The first-order chi connectivity index (χ1) is 20.9. The number of fused-ring (bicyclic) bond motifs is 1. The molecule has 4 heterocycles. The summed E-state index contributed by atoms with van der Waals surface area (Å²) in [5.74, 6) is -2.36. The molecule has 6 rings (SSSR count). The van der Waals surface area contributed by atoms with Crippen LogP contribution < -0.4 is 10.3 Å². The van der Waals surface area contributed by atoms with Crippen LogP contribution in [0.5, 0.6) is 11.5 Å². The molecule has 0 unspecified atom stereocenters. The SMILES string of the molecule is CN1CC[C@H](c2c(O)cc(O)c3c(=O)cc(-c4ccccc4Cl)oc23)[C@H](OC(=O)C2CN(c3ccnc(C(F)(F)F)c3)C2)C1. The van der Waals surface area contributed by atoms with Gasteiger partial charge in [0.2, 0.25) is 0 Å². The van der Waals surface area contributed by atoms with Crippen LogP contribution in [0.25, 0.3) is 22.3 Å². The smallest absolute Gasteiger partial charge is 0.433 e. The Morgan fingerprint density at radius 2 is 1.84 bits per heavy atom. The van der Waals surface area contributed by atoms with Gasteiger partial charge in [-0.1, -0.05) is 23.7 Å². The van der Waals surface area contributed by atoms with Crippen molar-refractivity contribution in [2.75, 3.05) is 38.1 Å². The third-order valence-corrected chi connectivity index (χ3v) is 8.48. The second-order valence-corrected chi connectivity index (χ2v) is 11.5. The predicted octanol–water partition coefficient (Wildman–Crippen LogP) is 5.41. The van der Waals surface area contributed by atoms with Crippen molar-refractivity contribution in [3.8, 4) is 22.8 Å². The van der Waals surface area contributed by atoms with Gasteiger partial charge in [0.15, 0.2) is 5.43 Å². The van der Waals surface area contributed by atoms with Crippen molar-refractivity contribution in [2.24, 2.45) is 5.92 Å². The molecule has 0 radical (unpaired) electrons. The van der Waals surface area contributed by atoms with E-state index in [9.17, 15) is 33.0 Å². The van der Waals surface area contributed by atoms with Crippen LogP contribution in [0.1, 0.15) is 23.6 Å². The summed E-state index contributed by atoms with van der Waals surface area (Å²) < 4.78 is 51.4. The maximum Gasteiger partial charge on any atom is 0.433 e. The first-order valence-electron chi connectivity index (χ1n) is 13.9. The number of alkyl halides is 3. The number of aromatic hydroxyl groups is 2. The van der Waals surface area contributed by atoms with Crippen molar-refractivity contribution in [1.29, 1.82) is 0 Å². The Kier molecular flexibility index (Phi) is 7.66. The zero-order chi connectivity index (χ0) is 31.3. The summed E-state index contributed by atoms with van der Waals surface area (Å²) >= 11 is 6.36. The molecule has 9 nitrogen and oxygen atoms in total. The maximum absolute atomic E-state index is 13.3. The van der Waals surface area contributed by atoms with Crippen molar-refractivity contribution in [1.82, 2.24) is 9.88 Å². The number of likely N-dealkylation sites (N-methyl/N-ethyl adjacent to an activating group) is 1. The number of hydrogen-bond acceptors (Lipinski definition) is 9. The number of piperidine rings is 1. The number of aromatic nitrogens is 1. The van der Waals surface area contributed by atoms with Crippen molar-refractivity contribution < 1.29 is 37.3 Å². The van der Waals surface area contributed by atoms with Crippen molar-refractivity contribution in [3.05, 3.63) is 81.2 Å². The Balaban J connectivity index is 1.29. The van der Waals surface area contributed by atoms with Crippen LogP contribution >= 0.6 is 11.6 Å². The molecule has 0 aliphatic carbocycles. The lowest BCUT2D eigenvalue weighted by molar-refractivity contribution is -0.158. The molecule has 2 atom stereocenters. The molecule has 2 aliphatic heterocycles. The Hall–Kier alpha value is -4.29. The van der Waals surface area contributed by atoms with Crippen LogP contribution in [-0.4, -0.2) is 65.4 Å². The fraction of sp³-hybridized carbons (Fsp3) is 0.323. The lowest BCUT2D eigenvalue weighted by Gasteiger charge is -2.42. The van der Waals surface area contributed by atoms with Crippen LogP contribution in [0, 0.1) is 5.92 Å². The second-order valence-electron chi connectivity index (χ2n) is 11.1. The van der Waals surface area contributed by atoms with Gasteiger partial charge in [0.25, 0.3) is 0 Å². The van der Waals surface area contributed by atoms with Crippen molar-refractivity contribution in [2.45, 2.75) is 24.6 Å². The molecular formula is C31H27ClF3N3O6. The van der Waals surface area contributed by atoms with E-state index in [1.54, 1.807) is 29.2 Å². The van der Waals surface area contributed by atoms with E-state index in [0.717, 1.165) is 18.3 Å². The zero-order valence-corrected chi connectivity index (χ0v) is 24.1. The Morgan fingerprint density at radius 3 is 2.57 bits per heavy atom. The van der Waals surface area contributed by atoms with E-state index in [-0.39, 0.29) is 41.1 Å². The molecule has 13 heteroatoms. The van der Waals surface area contributed by atoms with Gasteiger partial charge in [-0.2, -0.15) is 13.2 Å². The van der Waals surface area contributed by atoms with Gasteiger partial charge in [0.1, 0.15) is 40.0 Å². The number of benzene rings is 2. The summed E-state index contributed by atoms with van der Waals surface area (Å²) in [4.78, 5) is 33.4. The average Bonchev–Trinajstić information content (AvgIpc) is 2.93. The molecule has 0 bridgehead atoms. The lowest BCUT2D eigenvalue weighted by Crippen LogP contribution is -2.53. The van der Waals surface area contributed by atoms with Gasteiger partial charge < -0.3 is 29.2 Å². The fourth-order valence-electron chi connectivity index (χ4n) is 5.85. The number of phenols is 2. The normalized spacial score (nSPS) is 19.6. The number of esters is 1. The maximum atomic E-state index is 13.3. The number of anilines is 1. The van der Waals surface area contributed by atoms with Gasteiger partial charge in [-0.15, -0.1) is 0 Å². The minimum atomic E-state index is -4.58. The number of hydrogen-bond donors (Lipinski definition) is 2. The summed E-state index contributed by atoms with van der Waals surface area (Å²) in [7, 11) is 1.86. The number of carbonyl (C=O) groups excluding carboxylic acids is 1. The predicted molar refractivity (Wildman–Crippen MR) is 156 cm³/mol. The molecule has 2 saturated heterocycles. The van der Waals surface area contributed by atoms with E-state index in [4.69, 9.17) is 20.8 Å². The van der Waals surface area contributed by atoms with Gasteiger partial charge in [0.05, 0.1) is 10.9 Å². The van der Waals surface area contributed by atoms with Crippen molar-refractivity contribution >= 4 is 34.2 Å². The monoisotopic (exact) mass is 629 g/mol. The molecule has 2 fully saturated rings. The Labute approximate surface area is 254 Å². The zero-order valence-electron chi connectivity index (χ0n) is 23.3. The quantitative estimate of drug-likeness (QED) is 0.280. The average molecular weight is 630 g/mol. The third-order valence-electron chi connectivity index (χ3n) is 8.15. The van der Waals surface area contributed by atoms with Gasteiger partial charge in [-0.3, -0.25) is 14.6 Å². The van der Waals surface area contributed by atoms with Crippen LogP contribution in [0.15, 0.2) is 63.9 Å². The number of carbonyl (C=O) groups is 1. The van der Waals surface area contributed by atoms with Crippen molar-refractivity contribution in [3.63, 3.8) is 0 Å². The highest BCUT2D eigenvalue weighted by Gasteiger charge is 2.41. The van der Waals surface area contributed by atoms with Gasteiger partial charge in [0, 0.05) is 60.7 Å². The minimum absolute atomic E-state index is 0.0338. The number of pyridine rings is 1. The standard InChI is InChI=1S/C31H27ClF3N3O6/c1-37-9-7-19(25(15-37)44-30(42)16-13-38(14-16)17-6-8-36-26(10-17)31(33,34)35)27-21(39)11-22(40)28-23(41)12-24(43-29(27)28)18-4-2-3-5-20(18)32/h2-6,8,10-12,16,19,25,39-40H,7,9,13-15H2,1H3/t19-,25+/m0/s1. The number of rotatable bonds is 5. The molecule has 4 aromatic rings. The number of ether oxygens (including phenoxy) is 1. The number of likely N-dealkylation sites (tertiary alicyclic amines) is 1.